The number of ketones is 1. The molecule has 0 atom stereocenters. The number of benzene rings is 1. The minimum absolute atomic E-state index is 0.136. The fourth-order valence-electron chi connectivity index (χ4n) is 3.64. The Hall–Kier alpha value is -1.70. The lowest BCUT2D eigenvalue weighted by molar-refractivity contribution is 0.101. The Morgan fingerprint density at radius 3 is 2.42 bits per heavy atom. The molecule has 1 saturated carbocycles. The van der Waals surface area contributed by atoms with Crippen molar-refractivity contribution in [1.82, 2.24) is 0 Å². The third-order valence-corrected chi connectivity index (χ3v) is 5.34. The van der Waals surface area contributed by atoms with Crippen molar-refractivity contribution in [3.05, 3.63) is 41.0 Å². The van der Waals surface area contributed by atoms with Crippen LogP contribution in [0.15, 0.2) is 29.3 Å². The zero-order valence-corrected chi connectivity index (χ0v) is 15.9. The Morgan fingerprint density at radius 2 is 1.88 bits per heavy atom. The standard InChI is InChI=1S/C22H31NO/c1-6-18-14-20(12-13-21(18)17(5)24)22(7-2)23-16(4)19-10-8-15(3)9-11-19/h7,12-15,19H,6,8-11H2,1-5H3/b22-7-,23-16+/t15-,19-. The number of aliphatic imine (C=N–C) groups is 1. The van der Waals surface area contributed by atoms with E-state index in [0.29, 0.717) is 5.92 Å². The van der Waals surface area contributed by atoms with Crippen LogP contribution in [0.1, 0.15) is 81.8 Å². The second kappa shape index (κ2) is 8.41. The molecular formula is C22H31NO. The first kappa shape index (κ1) is 18.6. The van der Waals surface area contributed by atoms with Gasteiger partial charge in [-0.05, 0) is 63.5 Å². The fourth-order valence-corrected chi connectivity index (χ4v) is 3.64. The van der Waals surface area contributed by atoms with Gasteiger partial charge in [0.2, 0.25) is 0 Å². The summed E-state index contributed by atoms with van der Waals surface area (Å²) in [6.45, 7) is 10.3. The number of carbonyl (C=O) groups is 1. The van der Waals surface area contributed by atoms with E-state index in [9.17, 15) is 4.79 Å². The van der Waals surface area contributed by atoms with Crippen LogP contribution >= 0.6 is 0 Å². The second-order valence-electron chi connectivity index (χ2n) is 7.17. The van der Waals surface area contributed by atoms with Crippen LogP contribution in [0.3, 0.4) is 0 Å². The summed E-state index contributed by atoms with van der Waals surface area (Å²) in [6, 6.07) is 6.11. The van der Waals surface area contributed by atoms with Crippen molar-refractivity contribution in [3.8, 4) is 0 Å². The summed E-state index contributed by atoms with van der Waals surface area (Å²) in [7, 11) is 0. The lowest BCUT2D eigenvalue weighted by atomic mass is 9.81. The van der Waals surface area contributed by atoms with E-state index in [1.165, 1.54) is 31.4 Å². The van der Waals surface area contributed by atoms with Gasteiger partial charge < -0.3 is 0 Å². The summed E-state index contributed by atoms with van der Waals surface area (Å²) in [5.74, 6) is 1.62. The van der Waals surface area contributed by atoms with E-state index in [4.69, 9.17) is 4.99 Å². The van der Waals surface area contributed by atoms with Crippen molar-refractivity contribution in [2.75, 3.05) is 0 Å². The Labute approximate surface area is 147 Å². The van der Waals surface area contributed by atoms with E-state index in [2.05, 4.69) is 32.9 Å². The van der Waals surface area contributed by atoms with E-state index in [1.807, 2.05) is 19.1 Å². The molecule has 0 heterocycles. The first-order valence-corrected chi connectivity index (χ1v) is 9.32. The van der Waals surface area contributed by atoms with Crippen LogP contribution in [-0.2, 0) is 6.42 Å². The SMILES string of the molecule is C/C=C(\N=C(/C)[C@H]1CC[C@H](C)CC1)c1ccc(C(C)=O)c(CC)c1. The van der Waals surface area contributed by atoms with Crippen LogP contribution in [0.5, 0.6) is 0 Å². The maximum atomic E-state index is 11.7. The lowest BCUT2D eigenvalue weighted by Gasteiger charge is -2.26. The largest absolute Gasteiger partial charge is 0.295 e. The molecule has 0 unspecified atom stereocenters. The Kier molecular flexibility index (Phi) is 6.53. The number of nitrogens with zero attached hydrogens (tertiary/aromatic N) is 1. The van der Waals surface area contributed by atoms with Crippen LogP contribution in [0.4, 0.5) is 0 Å². The van der Waals surface area contributed by atoms with Crippen molar-refractivity contribution in [2.24, 2.45) is 16.8 Å². The molecule has 0 aromatic heterocycles. The van der Waals surface area contributed by atoms with Crippen molar-refractivity contribution in [1.29, 1.82) is 0 Å². The van der Waals surface area contributed by atoms with Gasteiger partial charge >= 0.3 is 0 Å². The quantitative estimate of drug-likeness (QED) is 0.475. The third kappa shape index (κ3) is 4.43. The van der Waals surface area contributed by atoms with Crippen molar-refractivity contribution in [3.63, 3.8) is 0 Å². The normalized spacial score (nSPS) is 22.5. The van der Waals surface area contributed by atoms with Gasteiger partial charge in [-0.1, -0.05) is 44.9 Å². The predicted octanol–water partition coefficient (Wildman–Crippen LogP) is 6.10. The molecule has 1 fully saturated rings. The van der Waals surface area contributed by atoms with Gasteiger partial charge in [-0.3, -0.25) is 9.79 Å². The van der Waals surface area contributed by atoms with Crippen LogP contribution in [0, 0.1) is 11.8 Å². The zero-order valence-electron chi connectivity index (χ0n) is 15.9. The van der Waals surface area contributed by atoms with Gasteiger partial charge in [-0.15, -0.1) is 0 Å². The van der Waals surface area contributed by atoms with Gasteiger partial charge in [0.15, 0.2) is 5.78 Å². The highest BCUT2D eigenvalue weighted by atomic mass is 16.1. The number of hydrogen-bond donors (Lipinski definition) is 0. The van der Waals surface area contributed by atoms with Crippen LogP contribution in [0.25, 0.3) is 5.70 Å². The number of allylic oxidation sites excluding steroid dienone is 1. The monoisotopic (exact) mass is 325 g/mol. The van der Waals surface area contributed by atoms with Gasteiger partial charge in [-0.2, -0.15) is 0 Å². The minimum Gasteiger partial charge on any atom is -0.295 e. The van der Waals surface area contributed by atoms with E-state index >= 15 is 0 Å². The molecule has 130 valence electrons. The Bertz CT molecular complexity index is 646. The highest BCUT2D eigenvalue weighted by Gasteiger charge is 2.20. The maximum absolute atomic E-state index is 11.7. The first-order chi connectivity index (χ1) is 11.5. The molecule has 0 saturated heterocycles. The van der Waals surface area contributed by atoms with E-state index in [-0.39, 0.29) is 5.78 Å². The summed E-state index contributed by atoms with van der Waals surface area (Å²) in [5.41, 5.74) is 5.33. The smallest absolute Gasteiger partial charge is 0.160 e. The minimum atomic E-state index is 0.136. The molecule has 0 radical (unpaired) electrons. The number of aryl methyl sites for hydroxylation is 1. The lowest BCUT2D eigenvalue weighted by Crippen LogP contribution is -2.18. The summed E-state index contributed by atoms with van der Waals surface area (Å²) in [4.78, 5) is 16.7. The molecule has 24 heavy (non-hydrogen) atoms. The fraction of sp³-hybridized carbons (Fsp3) is 0.545. The average molecular weight is 325 g/mol. The van der Waals surface area contributed by atoms with Crippen LogP contribution < -0.4 is 0 Å². The zero-order chi connectivity index (χ0) is 17.7. The molecule has 1 aliphatic rings. The Balaban J connectivity index is 2.25. The molecule has 2 heteroatoms. The topological polar surface area (TPSA) is 29.4 Å². The van der Waals surface area contributed by atoms with E-state index in [0.717, 1.165) is 34.7 Å². The third-order valence-electron chi connectivity index (χ3n) is 5.34. The molecule has 0 aliphatic heterocycles. The molecule has 0 amide bonds. The molecular weight excluding hydrogens is 294 g/mol. The van der Waals surface area contributed by atoms with E-state index < -0.39 is 0 Å². The molecule has 1 aliphatic carbocycles. The maximum Gasteiger partial charge on any atom is 0.160 e. The predicted molar refractivity (Wildman–Crippen MR) is 104 cm³/mol. The number of hydrogen-bond acceptors (Lipinski definition) is 2. The highest BCUT2D eigenvalue weighted by Crippen LogP contribution is 2.30. The summed E-state index contributed by atoms with van der Waals surface area (Å²) in [6.07, 6.45) is 8.10. The van der Waals surface area contributed by atoms with Gasteiger partial charge in [0, 0.05) is 16.8 Å². The van der Waals surface area contributed by atoms with Crippen LogP contribution in [0.2, 0.25) is 0 Å². The molecule has 1 aromatic rings. The number of carbonyl (C=O) groups excluding carboxylic acids is 1. The number of rotatable bonds is 5. The molecule has 2 rings (SSSR count). The number of Topliss-reactive ketones (excluding diaryl/α,β-unsaturated/α-hetero) is 1. The molecule has 1 aromatic carbocycles. The summed E-state index contributed by atoms with van der Waals surface area (Å²) >= 11 is 0. The molecule has 0 bridgehead atoms. The summed E-state index contributed by atoms with van der Waals surface area (Å²) < 4.78 is 0. The van der Waals surface area contributed by atoms with Crippen molar-refractivity contribution < 1.29 is 4.79 Å². The molecule has 0 N–H and O–H groups in total. The van der Waals surface area contributed by atoms with Gasteiger partial charge in [0.1, 0.15) is 0 Å². The van der Waals surface area contributed by atoms with Gasteiger partial charge in [-0.25, -0.2) is 0 Å². The molecule has 0 spiro atoms. The highest BCUT2D eigenvalue weighted by molar-refractivity contribution is 5.96. The Morgan fingerprint density at radius 1 is 1.21 bits per heavy atom. The molecule has 2 nitrogen and oxygen atoms in total. The average Bonchev–Trinajstić information content (AvgIpc) is 2.59. The summed E-state index contributed by atoms with van der Waals surface area (Å²) in [5, 5.41) is 0. The van der Waals surface area contributed by atoms with Crippen molar-refractivity contribution in [2.45, 2.75) is 66.7 Å². The second-order valence-corrected chi connectivity index (χ2v) is 7.17. The van der Waals surface area contributed by atoms with Gasteiger partial charge in [0.05, 0.1) is 5.70 Å². The van der Waals surface area contributed by atoms with Gasteiger partial charge in [0.25, 0.3) is 0 Å². The first-order valence-electron chi connectivity index (χ1n) is 9.32. The van der Waals surface area contributed by atoms with Crippen molar-refractivity contribution >= 4 is 17.2 Å². The van der Waals surface area contributed by atoms with Crippen LogP contribution in [-0.4, -0.2) is 11.5 Å². The van der Waals surface area contributed by atoms with E-state index in [1.54, 1.807) is 6.92 Å².